The summed E-state index contributed by atoms with van der Waals surface area (Å²) in [5.41, 5.74) is 5.59. The first-order valence-electron chi connectivity index (χ1n) is 11.3. The molecule has 0 fully saturated rings. The summed E-state index contributed by atoms with van der Waals surface area (Å²) in [4.78, 5) is 22.5. The summed E-state index contributed by atoms with van der Waals surface area (Å²) >= 11 is 0. The van der Waals surface area contributed by atoms with Crippen LogP contribution in [0.3, 0.4) is 0 Å². The number of carboxylic acids is 2. The molecule has 0 unspecified atom stereocenters. The first kappa shape index (κ1) is 26.2. The lowest BCUT2D eigenvalue weighted by Gasteiger charge is -2.20. The zero-order valence-electron chi connectivity index (χ0n) is 20.2. The molecule has 170 valence electrons. The Morgan fingerprint density at radius 2 is 1.20 bits per heavy atom. The average Bonchev–Trinajstić information content (AvgIpc) is 2.64. The number of carbonyl (C=O) groups is 2. The summed E-state index contributed by atoms with van der Waals surface area (Å²) in [6.07, 6.45) is 8.42. The van der Waals surface area contributed by atoms with E-state index in [1.54, 1.807) is 27.7 Å². The van der Waals surface area contributed by atoms with Crippen LogP contribution in [0, 0.1) is 31.6 Å². The highest BCUT2D eigenvalue weighted by Crippen LogP contribution is 2.28. The lowest BCUT2D eigenvalue weighted by molar-refractivity contribution is -0.148. The van der Waals surface area contributed by atoms with Crippen LogP contribution in [0.5, 0.6) is 0 Å². The van der Waals surface area contributed by atoms with Gasteiger partial charge >= 0.3 is 11.9 Å². The van der Waals surface area contributed by atoms with Crippen LogP contribution in [0.25, 0.3) is 0 Å². The van der Waals surface area contributed by atoms with E-state index in [2.05, 4.69) is 26.8 Å². The van der Waals surface area contributed by atoms with Crippen molar-refractivity contribution in [3.05, 3.63) is 33.9 Å². The van der Waals surface area contributed by atoms with Crippen molar-refractivity contribution in [2.75, 3.05) is 0 Å². The number of carboxylic acid groups (broad SMARTS) is 2. The van der Waals surface area contributed by atoms with Gasteiger partial charge < -0.3 is 10.2 Å². The van der Waals surface area contributed by atoms with Gasteiger partial charge in [0, 0.05) is 0 Å². The summed E-state index contributed by atoms with van der Waals surface area (Å²) in [7, 11) is 0. The number of aryl methyl sites for hydroxylation is 2. The van der Waals surface area contributed by atoms with Crippen molar-refractivity contribution in [3.8, 4) is 0 Å². The predicted molar refractivity (Wildman–Crippen MR) is 123 cm³/mol. The molecule has 0 spiro atoms. The van der Waals surface area contributed by atoms with Crippen molar-refractivity contribution >= 4 is 11.9 Å². The van der Waals surface area contributed by atoms with E-state index in [4.69, 9.17) is 0 Å². The van der Waals surface area contributed by atoms with Gasteiger partial charge in [-0.2, -0.15) is 0 Å². The first-order chi connectivity index (χ1) is 13.8. The smallest absolute Gasteiger partial charge is 0.309 e. The molecule has 0 atom stereocenters. The molecule has 0 aromatic heterocycles. The Morgan fingerprint density at radius 3 is 1.70 bits per heavy atom. The predicted octanol–water partition coefficient (Wildman–Crippen LogP) is 6.65. The Balaban J connectivity index is 2.65. The molecule has 0 aliphatic carbocycles. The molecule has 0 saturated carbocycles. The van der Waals surface area contributed by atoms with Gasteiger partial charge in [0.25, 0.3) is 0 Å². The topological polar surface area (TPSA) is 74.6 Å². The molecular formula is C26H42O4. The molecule has 0 amide bonds. The van der Waals surface area contributed by atoms with Gasteiger partial charge in [-0.15, -0.1) is 0 Å². The maximum atomic E-state index is 11.3. The number of benzene rings is 1. The van der Waals surface area contributed by atoms with E-state index in [0.29, 0.717) is 12.8 Å². The van der Waals surface area contributed by atoms with Gasteiger partial charge in [0.15, 0.2) is 0 Å². The van der Waals surface area contributed by atoms with Crippen molar-refractivity contribution in [2.45, 2.75) is 106 Å². The van der Waals surface area contributed by atoms with Crippen molar-refractivity contribution < 1.29 is 19.8 Å². The third kappa shape index (κ3) is 7.45. The largest absolute Gasteiger partial charge is 0.481 e. The minimum Gasteiger partial charge on any atom is -0.481 e. The van der Waals surface area contributed by atoms with Crippen LogP contribution in [0.1, 0.15) is 100 Å². The van der Waals surface area contributed by atoms with Gasteiger partial charge in [0.1, 0.15) is 0 Å². The second-order valence-corrected chi connectivity index (χ2v) is 10.2. The molecule has 1 rings (SSSR count). The molecule has 0 aliphatic heterocycles. The van der Waals surface area contributed by atoms with E-state index in [1.807, 2.05) is 0 Å². The zero-order valence-corrected chi connectivity index (χ0v) is 20.2. The fourth-order valence-electron chi connectivity index (χ4n) is 3.97. The molecule has 4 heteroatoms. The van der Waals surface area contributed by atoms with Crippen LogP contribution in [0.15, 0.2) is 6.07 Å². The monoisotopic (exact) mass is 418 g/mol. The number of unbranched alkanes of at least 4 members (excludes halogenated alkanes) is 3. The first-order valence-corrected chi connectivity index (χ1v) is 11.3. The number of hydrogen-bond donors (Lipinski definition) is 2. The van der Waals surface area contributed by atoms with Crippen LogP contribution in [0.2, 0.25) is 0 Å². The lowest BCUT2D eigenvalue weighted by Crippen LogP contribution is -2.23. The van der Waals surface area contributed by atoms with Crippen molar-refractivity contribution in [2.24, 2.45) is 10.8 Å². The van der Waals surface area contributed by atoms with E-state index in [1.165, 1.54) is 27.8 Å². The zero-order chi connectivity index (χ0) is 23.1. The quantitative estimate of drug-likeness (QED) is 0.352. The summed E-state index contributed by atoms with van der Waals surface area (Å²) in [6, 6.07) is 2.30. The van der Waals surface area contributed by atoms with E-state index < -0.39 is 22.8 Å². The molecule has 1 aromatic rings. The number of rotatable bonds is 13. The van der Waals surface area contributed by atoms with E-state index >= 15 is 0 Å². The van der Waals surface area contributed by atoms with Crippen molar-refractivity contribution in [3.63, 3.8) is 0 Å². The van der Waals surface area contributed by atoms with Crippen LogP contribution in [0.4, 0.5) is 0 Å². The fourth-order valence-corrected chi connectivity index (χ4v) is 3.97. The SMILES string of the molecule is Cc1cc(CCCCC(C)(C)C(=O)O)c(C)c(CCCCCC(C)(C)C(=O)O)c1C. The summed E-state index contributed by atoms with van der Waals surface area (Å²) in [5.74, 6) is -1.44. The normalized spacial score (nSPS) is 12.2. The highest BCUT2D eigenvalue weighted by atomic mass is 16.4. The van der Waals surface area contributed by atoms with Crippen molar-refractivity contribution in [1.29, 1.82) is 0 Å². The van der Waals surface area contributed by atoms with Gasteiger partial charge in [-0.05, 0) is 115 Å². The second-order valence-electron chi connectivity index (χ2n) is 10.2. The minimum atomic E-state index is -0.723. The third-order valence-electron chi connectivity index (χ3n) is 6.75. The maximum absolute atomic E-state index is 11.3. The van der Waals surface area contributed by atoms with Crippen molar-refractivity contribution in [1.82, 2.24) is 0 Å². The molecule has 0 aliphatic rings. The van der Waals surface area contributed by atoms with E-state index in [-0.39, 0.29) is 0 Å². The Bertz CT molecular complexity index is 744. The molecule has 0 bridgehead atoms. The molecule has 0 radical (unpaired) electrons. The van der Waals surface area contributed by atoms with Crippen LogP contribution >= 0.6 is 0 Å². The van der Waals surface area contributed by atoms with Crippen LogP contribution < -0.4 is 0 Å². The van der Waals surface area contributed by atoms with Crippen LogP contribution in [-0.2, 0) is 22.4 Å². The standard InChI is InChI=1S/C26H42O4/c1-18-17-21(13-10-12-16-26(6,7)24(29)30)20(3)22(19(18)2)14-9-8-11-15-25(4,5)23(27)28/h17H,8-16H2,1-7H3,(H,27,28)(H,29,30). The molecule has 2 N–H and O–H groups in total. The molecule has 0 heterocycles. The third-order valence-corrected chi connectivity index (χ3v) is 6.75. The van der Waals surface area contributed by atoms with Gasteiger partial charge in [-0.1, -0.05) is 25.3 Å². The Hall–Kier alpha value is -1.84. The van der Waals surface area contributed by atoms with E-state index in [9.17, 15) is 19.8 Å². The second kappa shape index (κ2) is 11.0. The summed E-state index contributed by atoms with van der Waals surface area (Å²) in [6.45, 7) is 13.8. The van der Waals surface area contributed by atoms with Gasteiger partial charge in [0.2, 0.25) is 0 Å². The fraction of sp³-hybridized carbons (Fsp3) is 0.692. The lowest BCUT2D eigenvalue weighted by atomic mass is 9.85. The molecule has 0 saturated heterocycles. The minimum absolute atomic E-state index is 0.641. The summed E-state index contributed by atoms with van der Waals surface area (Å²) in [5, 5.41) is 18.5. The number of aliphatic carboxylic acids is 2. The van der Waals surface area contributed by atoms with E-state index in [0.717, 1.165) is 44.9 Å². The number of hydrogen-bond acceptors (Lipinski definition) is 2. The highest BCUT2D eigenvalue weighted by molar-refractivity contribution is 5.73. The summed E-state index contributed by atoms with van der Waals surface area (Å²) < 4.78 is 0. The molecule has 30 heavy (non-hydrogen) atoms. The van der Waals surface area contributed by atoms with Gasteiger partial charge in [-0.25, -0.2) is 0 Å². The Morgan fingerprint density at radius 1 is 0.733 bits per heavy atom. The molecular weight excluding hydrogens is 376 g/mol. The Labute approximate surface area is 183 Å². The highest BCUT2D eigenvalue weighted by Gasteiger charge is 2.26. The average molecular weight is 419 g/mol. The molecule has 1 aromatic carbocycles. The molecule has 4 nitrogen and oxygen atoms in total. The van der Waals surface area contributed by atoms with Gasteiger partial charge in [0.05, 0.1) is 10.8 Å². The Kier molecular flexibility index (Phi) is 9.58. The van der Waals surface area contributed by atoms with Crippen LogP contribution in [-0.4, -0.2) is 22.2 Å². The maximum Gasteiger partial charge on any atom is 0.309 e. The van der Waals surface area contributed by atoms with Gasteiger partial charge in [-0.3, -0.25) is 9.59 Å².